The Hall–Kier alpha value is -1.53. The number of fused-ring (bicyclic) bond motifs is 1. The standard InChI is InChI=1S/C15H22N4O2/c1-3-18-9-11-12(10-18)19(8-5-13(11)21-2)15(20)14-16-6-4-7-17-14/h4,6-7,11-13H,3,5,8-10H2,1-2H3/t11-,12+,13+/m0/s1. The Morgan fingerprint density at radius 1 is 1.38 bits per heavy atom. The van der Waals surface area contributed by atoms with Crippen LogP contribution in [0.2, 0.25) is 0 Å². The normalized spacial score (nSPS) is 29.4. The lowest BCUT2D eigenvalue weighted by molar-refractivity contribution is -0.0160. The first-order valence-corrected chi connectivity index (χ1v) is 7.57. The lowest BCUT2D eigenvalue weighted by Gasteiger charge is -2.40. The van der Waals surface area contributed by atoms with Crippen molar-refractivity contribution in [1.82, 2.24) is 19.8 Å². The molecule has 0 aliphatic carbocycles. The van der Waals surface area contributed by atoms with Gasteiger partial charge in [-0.15, -0.1) is 0 Å². The summed E-state index contributed by atoms with van der Waals surface area (Å²) in [6, 6.07) is 1.94. The van der Waals surface area contributed by atoms with Crippen LogP contribution < -0.4 is 0 Å². The Bertz CT molecular complexity index is 496. The SMILES string of the molecule is CCN1C[C@H]2[C@@H](C1)N(C(=O)c1ncccn1)CC[C@H]2OC. The van der Waals surface area contributed by atoms with Gasteiger partial charge in [0.1, 0.15) is 0 Å². The molecule has 0 radical (unpaired) electrons. The molecular weight excluding hydrogens is 268 g/mol. The van der Waals surface area contributed by atoms with Crippen molar-refractivity contribution < 1.29 is 9.53 Å². The van der Waals surface area contributed by atoms with Gasteiger partial charge in [-0.05, 0) is 19.0 Å². The lowest BCUT2D eigenvalue weighted by Crippen LogP contribution is -2.53. The van der Waals surface area contributed by atoms with E-state index in [4.69, 9.17) is 4.74 Å². The minimum Gasteiger partial charge on any atom is -0.381 e. The smallest absolute Gasteiger partial charge is 0.291 e. The second kappa shape index (κ2) is 6.07. The van der Waals surface area contributed by atoms with E-state index in [1.165, 1.54) is 0 Å². The molecule has 6 nitrogen and oxygen atoms in total. The van der Waals surface area contributed by atoms with E-state index in [-0.39, 0.29) is 18.1 Å². The summed E-state index contributed by atoms with van der Waals surface area (Å²) in [7, 11) is 1.77. The highest BCUT2D eigenvalue weighted by Gasteiger charge is 2.46. The monoisotopic (exact) mass is 290 g/mol. The van der Waals surface area contributed by atoms with Crippen molar-refractivity contribution in [3.8, 4) is 0 Å². The third-order valence-electron chi connectivity index (χ3n) is 4.71. The zero-order chi connectivity index (χ0) is 14.8. The van der Waals surface area contributed by atoms with Crippen molar-refractivity contribution >= 4 is 5.91 Å². The Morgan fingerprint density at radius 2 is 2.14 bits per heavy atom. The summed E-state index contributed by atoms with van der Waals surface area (Å²) in [5, 5.41) is 0. The van der Waals surface area contributed by atoms with Crippen LogP contribution in [0.5, 0.6) is 0 Å². The first kappa shape index (κ1) is 14.4. The first-order chi connectivity index (χ1) is 10.2. The van der Waals surface area contributed by atoms with Gasteiger partial charge in [0, 0.05) is 45.1 Å². The number of aromatic nitrogens is 2. The number of hydrogen-bond donors (Lipinski definition) is 0. The molecule has 2 fully saturated rings. The van der Waals surface area contributed by atoms with E-state index in [0.29, 0.717) is 18.3 Å². The fourth-order valence-corrected chi connectivity index (χ4v) is 3.58. The van der Waals surface area contributed by atoms with Crippen LogP contribution in [-0.2, 0) is 4.74 Å². The minimum atomic E-state index is -0.0573. The molecule has 21 heavy (non-hydrogen) atoms. The third-order valence-corrected chi connectivity index (χ3v) is 4.71. The number of methoxy groups -OCH3 is 1. The summed E-state index contributed by atoms with van der Waals surface area (Å²) in [4.78, 5) is 25.2. The predicted octanol–water partition coefficient (Wildman–Crippen LogP) is 0.658. The van der Waals surface area contributed by atoms with E-state index in [0.717, 1.165) is 26.1 Å². The van der Waals surface area contributed by atoms with Crippen molar-refractivity contribution in [2.75, 3.05) is 33.3 Å². The Balaban J connectivity index is 1.81. The van der Waals surface area contributed by atoms with Gasteiger partial charge >= 0.3 is 0 Å². The average molecular weight is 290 g/mol. The molecule has 6 heteroatoms. The van der Waals surface area contributed by atoms with Gasteiger partial charge in [0.2, 0.25) is 5.82 Å². The highest BCUT2D eigenvalue weighted by Crippen LogP contribution is 2.32. The van der Waals surface area contributed by atoms with Gasteiger partial charge in [0.05, 0.1) is 12.1 Å². The van der Waals surface area contributed by atoms with Crippen molar-refractivity contribution in [3.05, 3.63) is 24.3 Å². The number of likely N-dealkylation sites (tertiary alicyclic amines) is 2. The van der Waals surface area contributed by atoms with E-state index in [9.17, 15) is 4.79 Å². The van der Waals surface area contributed by atoms with Crippen LogP contribution >= 0.6 is 0 Å². The number of amides is 1. The highest BCUT2D eigenvalue weighted by atomic mass is 16.5. The van der Waals surface area contributed by atoms with E-state index in [2.05, 4.69) is 21.8 Å². The van der Waals surface area contributed by atoms with Crippen LogP contribution in [0.4, 0.5) is 0 Å². The van der Waals surface area contributed by atoms with Gasteiger partial charge in [-0.2, -0.15) is 0 Å². The highest BCUT2D eigenvalue weighted by molar-refractivity contribution is 5.90. The van der Waals surface area contributed by atoms with Crippen molar-refractivity contribution in [1.29, 1.82) is 0 Å². The van der Waals surface area contributed by atoms with E-state index >= 15 is 0 Å². The third kappa shape index (κ3) is 2.65. The van der Waals surface area contributed by atoms with Crippen molar-refractivity contribution in [2.45, 2.75) is 25.5 Å². The van der Waals surface area contributed by atoms with Crippen LogP contribution in [0, 0.1) is 5.92 Å². The summed E-state index contributed by atoms with van der Waals surface area (Å²) >= 11 is 0. The molecule has 1 aromatic rings. The topological polar surface area (TPSA) is 58.6 Å². The lowest BCUT2D eigenvalue weighted by atomic mass is 9.89. The molecule has 1 amide bonds. The number of nitrogens with zero attached hydrogens (tertiary/aromatic N) is 4. The van der Waals surface area contributed by atoms with Crippen LogP contribution in [-0.4, -0.2) is 71.1 Å². The molecule has 3 rings (SSSR count). The molecule has 2 saturated heterocycles. The number of hydrogen-bond acceptors (Lipinski definition) is 5. The van der Waals surface area contributed by atoms with Gasteiger partial charge in [0.15, 0.2) is 0 Å². The zero-order valence-electron chi connectivity index (χ0n) is 12.6. The molecule has 3 heterocycles. The summed E-state index contributed by atoms with van der Waals surface area (Å²) < 4.78 is 5.64. The maximum atomic E-state index is 12.7. The summed E-state index contributed by atoms with van der Waals surface area (Å²) in [5.74, 6) is 0.622. The maximum absolute atomic E-state index is 12.7. The second-order valence-corrected chi connectivity index (χ2v) is 5.72. The molecular formula is C15H22N4O2. The summed E-state index contributed by atoms with van der Waals surface area (Å²) in [5.41, 5.74) is 0. The molecule has 0 spiro atoms. The molecule has 1 aromatic heterocycles. The van der Waals surface area contributed by atoms with E-state index in [1.54, 1.807) is 25.6 Å². The molecule has 3 atom stereocenters. The number of ether oxygens (including phenoxy) is 1. The summed E-state index contributed by atoms with van der Waals surface area (Å²) in [6.07, 6.45) is 4.36. The number of carbonyl (C=O) groups excluding carboxylic acids is 1. The van der Waals surface area contributed by atoms with Crippen LogP contribution in [0.15, 0.2) is 18.5 Å². The fourth-order valence-electron chi connectivity index (χ4n) is 3.58. The molecule has 0 N–H and O–H groups in total. The van der Waals surface area contributed by atoms with Gasteiger partial charge in [-0.3, -0.25) is 4.79 Å². The quantitative estimate of drug-likeness (QED) is 0.818. The van der Waals surface area contributed by atoms with E-state index in [1.807, 2.05) is 4.90 Å². The number of likely N-dealkylation sites (N-methyl/N-ethyl adjacent to an activating group) is 1. The minimum absolute atomic E-state index is 0.0573. The Kier molecular flexibility index (Phi) is 4.17. The molecule has 0 bridgehead atoms. The van der Waals surface area contributed by atoms with E-state index < -0.39 is 0 Å². The van der Waals surface area contributed by atoms with Crippen LogP contribution in [0.25, 0.3) is 0 Å². The average Bonchev–Trinajstić information content (AvgIpc) is 2.98. The van der Waals surface area contributed by atoms with Gasteiger partial charge in [-0.1, -0.05) is 6.92 Å². The van der Waals surface area contributed by atoms with Crippen molar-refractivity contribution in [3.63, 3.8) is 0 Å². The maximum Gasteiger partial charge on any atom is 0.291 e. The van der Waals surface area contributed by atoms with Gasteiger partial charge in [0.25, 0.3) is 5.91 Å². The predicted molar refractivity (Wildman–Crippen MR) is 77.9 cm³/mol. The molecule has 2 aliphatic heterocycles. The Labute approximate surface area is 125 Å². The molecule has 2 aliphatic rings. The number of rotatable bonds is 3. The largest absolute Gasteiger partial charge is 0.381 e. The molecule has 0 unspecified atom stereocenters. The number of carbonyl (C=O) groups is 1. The van der Waals surface area contributed by atoms with Crippen molar-refractivity contribution in [2.24, 2.45) is 5.92 Å². The van der Waals surface area contributed by atoms with Gasteiger partial charge < -0.3 is 14.5 Å². The molecule has 0 saturated carbocycles. The number of piperidine rings is 1. The Morgan fingerprint density at radius 3 is 2.81 bits per heavy atom. The summed E-state index contributed by atoms with van der Waals surface area (Å²) in [6.45, 7) is 5.80. The van der Waals surface area contributed by atoms with Gasteiger partial charge in [-0.25, -0.2) is 9.97 Å². The fraction of sp³-hybridized carbons (Fsp3) is 0.667. The second-order valence-electron chi connectivity index (χ2n) is 5.72. The molecule has 114 valence electrons. The first-order valence-electron chi connectivity index (χ1n) is 7.57. The molecule has 0 aromatic carbocycles. The zero-order valence-corrected chi connectivity index (χ0v) is 12.6. The van der Waals surface area contributed by atoms with Crippen LogP contribution in [0.1, 0.15) is 24.0 Å². The van der Waals surface area contributed by atoms with Crippen LogP contribution in [0.3, 0.4) is 0 Å².